The van der Waals surface area contributed by atoms with E-state index in [2.05, 4.69) is 15.5 Å². The van der Waals surface area contributed by atoms with Crippen LogP contribution in [0, 0.1) is 6.92 Å². The number of carbonyl (C=O) groups excluding carboxylic acids is 1. The van der Waals surface area contributed by atoms with Crippen molar-refractivity contribution in [2.45, 2.75) is 6.92 Å². The number of halogens is 1. The Kier molecular flexibility index (Phi) is 3.43. The minimum absolute atomic E-state index is 0.0739. The second kappa shape index (κ2) is 5.01. The van der Waals surface area contributed by atoms with Gasteiger partial charge in [0.15, 0.2) is 11.0 Å². The number of phenols is 1. The highest BCUT2D eigenvalue weighted by Crippen LogP contribution is 2.18. The molecule has 0 aliphatic carbocycles. The van der Waals surface area contributed by atoms with E-state index in [4.69, 9.17) is 11.6 Å². The Morgan fingerprint density at radius 3 is 2.67 bits per heavy atom. The van der Waals surface area contributed by atoms with Gasteiger partial charge in [-0.2, -0.15) is 0 Å². The van der Waals surface area contributed by atoms with Gasteiger partial charge in [0.1, 0.15) is 5.75 Å². The molecule has 1 amide bonds. The molecule has 92 valence electrons. The predicted molar refractivity (Wildman–Crippen MR) is 67.8 cm³/mol. The van der Waals surface area contributed by atoms with Gasteiger partial charge in [-0.3, -0.25) is 4.79 Å². The summed E-state index contributed by atoms with van der Waals surface area (Å²) in [5.74, 6) is -0.00349. The van der Waals surface area contributed by atoms with Crippen LogP contribution in [0.15, 0.2) is 30.3 Å². The highest BCUT2D eigenvalue weighted by molar-refractivity contribution is 6.29. The standard InChI is InChI=1S/C12H10ClN3O2/c1-7-2-3-8(6-9(7)17)12(18)14-11-5-4-10(13)15-16-11/h2-6,17H,1H3,(H,14,16,18). The topological polar surface area (TPSA) is 75.1 Å². The fourth-order valence-electron chi connectivity index (χ4n) is 1.32. The average Bonchev–Trinajstić information content (AvgIpc) is 2.35. The van der Waals surface area contributed by atoms with E-state index in [9.17, 15) is 9.90 Å². The zero-order valence-corrected chi connectivity index (χ0v) is 10.3. The highest BCUT2D eigenvalue weighted by atomic mass is 35.5. The molecule has 0 bridgehead atoms. The number of aromatic hydroxyl groups is 1. The summed E-state index contributed by atoms with van der Waals surface area (Å²) in [5, 5.41) is 19.6. The van der Waals surface area contributed by atoms with Crippen LogP contribution < -0.4 is 5.32 Å². The van der Waals surface area contributed by atoms with E-state index >= 15 is 0 Å². The maximum absolute atomic E-state index is 11.8. The molecule has 0 radical (unpaired) electrons. The molecule has 2 aromatic rings. The lowest BCUT2D eigenvalue weighted by Gasteiger charge is -2.05. The van der Waals surface area contributed by atoms with Gasteiger partial charge in [0.05, 0.1) is 0 Å². The first kappa shape index (κ1) is 12.3. The molecular weight excluding hydrogens is 254 g/mol. The number of aryl methyl sites for hydroxylation is 1. The molecule has 5 nitrogen and oxygen atoms in total. The predicted octanol–water partition coefficient (Wildman–Crippen LogP) is 2.40. The van der Waals surface area contributed by atoms with Crippen molar-refractivity contribution in [3.05, 3.63) is 46.6 Å². The molecule has 0 unspecified atom stereocenters. The van der Waals surface area contributed by atoms with Crippen molar-refractivity contribution in [2.75, 3.05) is 5.32 Å². The fourth-order valence-corrected chi connectivity index (χ4v) is 1.42. The number of phenolic OH excluding ortho intramolecular Hbond substituents is 1. The first-order chi connectivity index (χ1) is 8.56. The summed E-state index contributed by atoms with van der Waals surface area (Å²) < 4.78 is 0. The van der Waals surface area contributed by atoms with Crippen molar-refractivity contribution in [2.24, 2.45) is 0 Å². The first-order valence-corrected chi connectivity index (χ1v) is 5.54. The third-order valence-corrected chi connectivity index (χ3v) is 2.55. The van der Waals surface area contributed by atoms with E-state index in [0.29, 0.717) is 16.9 Å². The van der Waals surface area contributed by atoms with Crippen LogP contribution in [-0.2, 0) is 0 Å². The number of rotatable bonds is 2. The quantitative estimate of drug-likeness (QED) is 0.872. The number of carbonyl (C=O) groups is 1. The Morgan fingerprint density at radius 1 is 1.28 bits per heavy atom. The summed E-state index contributed by atoms with van der Waals surface area (Å²) >= 11 is 5.58. The number of amides is 1. The van der Waals surface area contributed by atoms with Gasteiger partial charge in [0.25, 0.3) is 5.91 Å². The van der Waals surface area contributed by atoms with Crippen molar-refractivity contribution < 1.29 is 9.90 Å². The number of hydrogen-bond donors (Lipinski definition) is 2. The molecule has 0 atom stereocenters. The largest absolute Gasteiger partial charge is 0.508 e. The summed E-state index contributed by atoms with van der Waals surface area (Å²) in [5.41, 5.74) is 1.05. The minimum atomic E-state index is -0.373. The van der Waals surface area contributed by atoms with E-state index in [1.807, 2.05) is 0 Å². The van der Waals surface area contributed by atoms with E-state index in [0.717, 1.165) is 0 Å². The number of aromatic nitrogens is 2. The van der Waals surface area contributed by atoms with Gasteiger partial charge in [-0.25, -0.2) is 0 Å². The molecule has 0 saturated heterocycles. The third kappa shape index (κ3) is 2.75. The van der Waals surface area contributed by atoms with Gasteiger partial charge in [-0.15, -0.1) is 10.2 Å². The molecule has 0 spiro atoms. The van der Waals surface area contributed by atoms with Crippen molar-refractivity contribution in [3.63, 3.8) is 0 Å². The van der Waals surface area contributed by atoms with Crippen LogP contribution in [0.4, 0.5) is 5.82 Å². The molecule has 1 heterocycles. The van der Waals surface area contributed by atoms with Gasteiger partial charge in [0, 0.05) is 5.56 Å². The summed E-state index contributed by atoms with van der Waals surface area (Å²) in [7, 11) is 0. The van der Waals surface area contributed by atoms with Crippen LogP contribution in [0.2, 0.25) is 5.15 Å². The maximum Gasteiger partial charge on any atom is 0.256 e. The summed E-state index contributed by atoms with van der Waals surface area (Å²) in [6.07, 6.45) is 0. The van der Waals surface area contributed by atoms with Gasteiger partial charge in [-0.05, 0) is 36.8 Å². The lowest BCUT2D eigenvalue weighted by Crippen LogP contribution is -2.13. The molecule has 0 aliphatic heterocycles. The monoisotopic (exact) mass is 263 g/mol. The highest BCUT2D eigenvalue weighted by Gasteiger charge is 2.08. The molecule has 0 aliphatic rings. The molecule has 2 N–H and O–H groups in total. The smallest absolute Gasteiger partial charge is 0.256 e. The fraction of sp³-hybridized carbons (Fsp3) is 0.0833. The molecule has 2 rings (SSSR count). The molecule has 1 aromatic carbocycles. The zero-order valence-electron chi connectivity index (χ0n) is 9.51. The van der Waals surface area contributed by atoms with Gasteiger partial charge in [0.2, 0.25) is 0 Å². The number of nitrogens with zero attached hydrogens (tertiary/aromatic N) is 2. The Balaban J connectivity index is 2.16. The Bertz CT molecular complexity index is 584. The first-order valence-electron chi connectivity index (χ1n) is 5.16. The number of anilines is 1. The number of hydrogen-bond acceptors (Lipinski definition) is 4. The second-order valence-electron chi connectivity index (χ2n) is 3.70. The normalized spacial score (nSPS) is 10.1. The van der Waals surface area contributed by atoms with Crippen LogP contribution in [0.1, 0.15) is 15.9 Å². The average molecular weight is 264 g/mol. The third-order valence-electron chi connectivity index (χ3n) is 2.34. The zero-order chi connectivity index (χ0) is 13.1. The van der Waals surface area contributed by atoms with Crippen LogP contribution in [0.3, 0.4) is 0 Å². The van der Waals surface area contributed by atoms with E-state index in [1.54, 1.807) is 25.1 Å². The van der Waals surface area contributed by atoms with Crippen LogP contribution in [-0.4, -0.2) is 21.2 Å². The number of benzene rings is 1. The van der Waals surface area contributed by atoms with Gasteiger partial charge >= 0.3 is 0 Å². The second-order valence-corrected chi connectivity index (χ2v) is 4.08. The lowest BCUT2D eigenvalue weighted by atomic mass is 10.1. The summed E-state index contributed by atoms with van der Waals surface area (Å²) in [4.78, 5) is 11.8. The molecule has 18 heavy (non-hydrogen) atoms. The maximum atomic E-state index is 11.8. The SMILES string of the molecule is Cc1ccc(C(=O)Nc2ccc(Cl)nn2)cc1O. The molecule has 0 saturated carbocycles. The van der Waals surface area contributed by atoms with Gasteiger partial charge in [-0.1, -0.05) is 17.7 Å². The molecule has 1 aromatic heterocycles. The Morgan fingerprint density at radius 2 is 2.06 bits per heavy atom. The minimum Gasteiger partial charge on any atom is -0.508 e. The van der Waals surface area contributed by atoms with Crippen LogP contribution >= 0.6 is 11.6 Å². The van der Waals surface area contributed by atoms with E-state index in [-0.39, 0.29) is 16.8 Å². The van der Waals surface area contributed by atoms with Crippen LogP contribution in [0.5, 0.6) is 5.75 Å². The molecular formula is C12H10ClN3O2. The number of nitrogens with one attached hydrogen (secondary N) is 1. The van der Waals surface area contributed by atoms with E-state index in [1.165, 1.54) is 12.1 Å². The van der Waals surface area contributed by atoms with E-state index < -0.39 is 0 Å². The lowest BCUT2D eigenvalue weighted by molar-refractivity contribution is 0.102. The van der Waals surface area contributed by atoms with Crippen LogP contribution in [0.25, 0.3) is 0 Å². The summed E-state index contributed by atoms with van der Waals surface area (Å²) in [6.45, 7) is 1.75. The van der Waals surface area contributed by atoms with Crippen molar-refractivity contribution >= 4 is 23.3 Å². The van der Waals surface area contributed by atoms with Crippen molar-refractivity contribution in [1.29, 1.82) is 0 Å². The Hall–Kier alpha value is -2.14. The van der Waals surface area contributed by atoms with Crippen molar-refractivity contribution in [3.8, 4) is 5.75 Å². The summed E-state index contributed by atoms with van der Waals surface area (Å²) in [6, 6.07) is 7.75. The van der Waals surface area contributed by atoms with Gasteiger partial charge < -0.3 is 10.4 Å². The van der Waals surface area contributed by atoms with Crippen molar-refractivity contribution in [1.82, 2.24) is 10.2 Å². The molecule has 6 heteroatoms. The molecule has 0 fully saturated rings. The Labute approximate surface area is 108 Å².